The number of nitrogens with zero attached hydrogens (tertiary/aromatic N) is 1. The highest BCUT2D eigenvalue weighted by Crippen LogP contribution is 2.20. The molecule has 6 nitrogen and oxygen atoms in total. The summed E-state index contributed by atoms with van der Waals surface area (Å²) in [5, 5.41) is 11.3. The highest BCUT2D eigenvalue weighted by molar-refractivity contribution is 5.94. The van der Waals surface area contributed by atoms with E-state index in [1.54, 1.807) is 24.3 Å². The molecule has 1 aromatic carbocycles. The van der Waals surface area contributed by atoms with Gasteiger partial charge in [0, 0.05) is 31.8 Å². The third kappa shape index (κ3) is 4.79. The van der Waals surface area contributed by atoms with Gasteiger partial charge in [-0.3, -0.25) is 14.4 Å². The molecule has 0 atom stereocenters. The molecule has 0 aliphatic carbocycles. The van der Waals surface area contributed by atoms with Crippen molar-refractivity contribution in [1.29, 1.82) is 0 Å². The third-order valence-corrected chi connectivity index (χ3v) is 2.41. The SMILES string of the molecule is CC(=O)Nc1cccc(N(CCC(=O)O)C(C)=O)c1. The lowest BCUT2D eigenvalue weighted by atomic mass is 10.2. The monoisotopic (exact) mass is 264 g/mol. The first-order valence-electron chi connectivity index (χ1n) is 5.77. The van der Waals surface area contributed by atoms with E-state index in [0.29, 0.717) is 11.4 Å². The second-order valence-corrected chi connectivity index (χ2v) is 4.05. The molecule has 1 rings (SSSR count). The Morgan fingerprint density at radius 2 is 1.95 bits per heavy atom. The lowest BCUT2D eigenvalue weighted by Crippen LogP contribution is -2.30. The zero-order valence-electron chi connectivity index (χ0n) is 10.8. The second-order valence-electron chi connectivity index (χ2n) is 4.05. The van der Waals surface area contributed by atoms with Crippen LogP contribution in [-0.4, -0.2) is 29.4 Å². The highest BCUT2D eigenvalue weighted by Gasteiger charge is 2.13. The van der Waals surface area contributed by atoms with Crippen LogP contribution < -0.4 is 10.2 Å². The van der Waals surface area contributed by atoms with Crippen LogP contribution in [0.4, 0.5) is 11.4 Å². The third-order valence-electron chi connectivity index (χ3n) is 2.41. The molecule has 2 N–H and O–H groups in total. The van der Waals surface area contributed by atoms with Gasteiger partial charge in [0.25, 0.3) is 0 Å². The van der Waals surface area contributed by atoms with Crippen molar-refractivity contribution in [3.8, 4) is 0 Å². The van der Waals surface area contributed by atoms with Gasteiger partial charge in [0.15, 0.2) is 0 Å². The number of carboxylic acid groups (broad SMARTS) is 1. The van der Waals surface area contributed by atoms with E-state index in [1.165, 1.54) is 18.7 Å². The molecule has 0 saturated heterocycles. The lowest BCUT2D eigenvalue weighted by Gasteiger charge is -2.21. The van der Waals surface area contributed by atoms with E-state index >= 15 is 0 Å². The van der Waals surface area contributed by atoms with Gasteiger partial charge < -0.3 is 15.3 Å². The zero-order valence-corrected chi connectivity index (χ0v) is 10.8. The molecule has 6 heteroatoms. The molecule has 0 unspecified atom stereocenters. The predicted octanol–water partition coefficient (Wildman–Crippen LogP) is 1.47. The molecule has 0 saturated carbocycles. The minimum Gasteiger partial charge on any atom is -0.481 e. The van der Waals surface area contributed by atoms with Gasteiger partial charge in [-0.25, -0.2) is 0 Å². The van der Waals surface area contributed by atoms with Gasteiger partial charge in [0.1, 0.15) is 0 Å². The molecular weight excluding hydrogens is 248 g/mol. The van der Waals surface area contributed by atoms with Crippen molar-refractivity contribution in [2.45, 2.75) is 20.3 Å². The van der Waals surface area contributed by atoms with Gasteiger partial charge in [-0.15, -0.1) is 0 Å². The van der Waals surface area contributed by atoms with Crippen molar-refractivity contribution >= 4 is 29.2 Å². The van der Waals surface area contributed by atoms with Crippen LogP contribution in [0, 0.1) is 0 Å². The Morgan fingerprint density at radius 3 is 2.47 bits per heavy atom. The number of carbonyl (C=O) groups excluding carboxylic acids is 2. The summed E-state index contributed by atoms with van der Waals surface area (Å²) in [5.74, 6) is -1.43. The number of aliphatic carboxylic acids is 1. The average Bonchev–Trinajstić information content (AvgIpc) is 2.27. The van der Waals surface area contributed by atoms with Crippen LogP contribution in [0.3, 0.4) is 0 Å². The number of hydrogen-bond donors (Lipinski definition) is 2. The van der Waals surface area contributed by atoms with E-state index in [0.717, 1.165) is 0 Å². The Labute approximate surface area is 111 Å². The summed E-state index contributed by atoms with van der Waals surface area (Å²) in [6.07, 6.45) is -0.135. The number of rotatable bonds is 5. The van der Waals surface area contributed by atoms with Crippen molar-refractivity contribution in [2.24, 2.45) is 0 Å². The topological polar surface area (TPSA) is 86.7 Å². The smallest absolute Gasteiger partial charge is 0.305 e. The summed E-state index contributed by atoms with van der Waals surface area (Å²) in [5.41, 5.74) is 1.12. The van der Waals surface area contributed by atoms with Crippen LogP contribution in [0.5, 0.6) is 0 Å². The number of benzene rings is 1. The van der Waals surface area contributed by atoms with Crippen LogP contribution in [0.15, 0.2) is 24.3 Å². The molecule has 0 aliphatic rings. The van der Waals surface area contributed by atoms with Gasteiger partial charge >= 0.3 is 5.97 Å². The largest absolute Gasteiger partial charge is 0.481 e. The van der Waals surface area contributed by atoms with Gasteiger partial charge in [0.05, 0.1) is 6.42 Å². The van der Waals surface area contributed by atoms with Crippen LogP contribution in [0.1, 0.15) is 20.3 Å². The Bertz CT molecular complexity index is 499. The molecule has 2 amide bonds. The first kappa shape index (κ1) is 14.7. The summed E-state index contributed by atoms with van der Waals surface area (Å²) in [4.78, 5) is 34.4. The van der Waals surface area contributed by atoms with E-state index in [9.17, 15) is 14.4 Å². The Kier molecular flexibility index (Phi) is 5.05. The lowest BCUT2D eigenvalue weighted by molar-refractivity contribution is -0.136. The summed E-state index contributed by atoms with van der Waals surface area (Å²) in [6, 6.07) is 6.71. The van der Waals surface area contributed by atoms with E-state index in [4.69, 9.17) is 5.11 Å². The summed E-state index contributed by atoms with van der Waals surface area (Å²) in [7, 11) is 0. The number of nitrogens with one attached hydrogen (secondary N) is 1. The molecule has 0 aromatic heterocycles. The predicted molar refractivity (Wildman–Crippen MR) is 71.0 cm³/mol. The Balaban J connectivity index is 2.92. The maximum Gasteiger partial charge on any atom is 0.305 e. The molecule has 19 heavy (non-hydrogen) atoms. The van der Waals surface area contributed by atoms with Gasteiger partial charge in [-0.05, 0) is 18.2 Å². The van der Waals surface area contributed by atoms with E-state index in [2.05, 4.69) is 5.32 Å². The van der Waals surface area contributed by atoms with E-state index in [-0.39, 0.29) is 24.8 Å². The van der Waals surface area contributed by atoms with Crippen molar-refractivity contribution in [3.05, 3.63) is 24.3 Å². The summed E-state index contributed by atoms with van der Waals surface area (Å²) in [6.45, 7) is 2.85. The Morgan fingerprint density at radius 1 is 1.26 bits per heavy atom. The molecule has 0 aliphatic heterocycles. The minimum atomic E-state index is -0.968. The first-order valence-corrected chi connectivity index (χ1v) is 5.77. The van der Waals surface area contributed by atoms with Crippen molar-refractivity contribution in [1.82, 2.24) is 0 Å². The second kappa shape index (κ2) is 6.53. The molecule has 102 valence electrons. The maximum atomic E-state index is 11.5. The van der Waals surface area contributed by atoms with Crippen molar-refractivity contribution in [3.63, 3.8) is 0 Å². The number of hydrogen-bond acceptors (Lipinski definition) is 3. The molecule has 1 aromatic rings. The van der Waals surface area contributed by atoms with Crippen molar-refractivity contribution < 1.29 is 19.5 Å². The number of amides is 2. The maximum absolute atomic E-state index is 11.5. The van der Waals surface area contributed by atoms with Gasteiger partial charge in [0.2, 0.25) is 11.8 Å². The fourth-order valence-corrected chi connectivity index (χ4v) is 1.63. The normalized spacial score (nSPS) is 9.79. The standard InChI is InChI=1S/C13H16N2O4/c1-9(16)14-11-4-3-5-12(8-11)15(10(2)17)7-6-13(18)19/h3-5,8H,6-7H2,1-2H3,(H,14,16)(H,18,19). The van der Waals surface area contributed by atoms with Crippen LogP contribution in [0.25, 0.3) is 0 Å². The highest BCUT2D eigenvalue weighted by atomic mass is 16.4. The van der Waals surface area contributed by atoms with E-state index in [1.807, 2.05) is 0 Å². The first-order chi connectivity index (χ1) is 8.90. The number of carboxylic acids is 1. The average molecular weight is 264 g/mol. The molecular formula is C13H16N2O4. The van der Waals surface area contributed by atoms with Crippen molar-refractivity contribution in [2.75, 3.05) is 16.8 Å². The minimum absolute atomic E-state index is 0.0915. The Hall–Kier alpha value is -2.37. The van der Waals surface area contributed by atoms with Crippen LogP contribution >= 0.6 is 0 Å². The molecule has 0 bridgehead atoms. The fourth-order valence-electron chi connectivity index (χ4n) is 1.63. The molecule has 0 spiro atoms. The molecule has 0 fully saturated rings. The fraction of sp³-hybridized carbons (Fsp3) is 0.308. The van der Waals surface area contributed by atoms with Crippen LogP contribution in [-0.2, 0) is 14.4 Å². The molecule has 0 radical (unpaired) electrons. The summed E-state index contributed by atoms with van der Waals surface area (Å²) < 4.78 is 0. The molecule has 0 heterocycles. The van der Waals surface area contributed by atoms with Gasteiger partial charge in [-0.2, -0.15) is 0 Å². The van der Waals surface area contributed by atoms with Crippen LogP contribution in [0.2, 0.25) is 0 Å². The number of anilines is 2. The zero-order chi connectivity index (χ0) is 14.4. The summed E-state index contributed by atoms with van der Waals surface area (Å²) >= 11 is 0. The van der Waals surface area contributed by atoms with E-state index < -0.39 is 5.97 Å². The van der Waals surface area contributed by atoms with Gasteiger partial charge in [-0.1, -0.05) is 6.07 Å². The quantitative estimate of drug-likeness (QED) is 0.843. The number of carbonyl (C=O) groups is 3.